The number of furan rings is 1. The van der Waals surface area contributed by atoms with Crippen molar-refractivity contribution in [3.63, 3.8) is 0 Å². The molecular weight excluding hydrogens is 346 g/mol. The Labute approximate surface area is 158 Å². The summed E-state index contributed by atoms with van der Waals surface area (Å²) in [6.07, 6.45) is 1.48. The maximum absolute atomic E-state index is 12.3. The molecular formula is C20H25N3O4. The van der Waals surface area contributed by atoms with Crippen LogP contribution in [0.15, 0.2) is 41.0 Å². The van der Waals surface area contributed by atoms with Crippen LogP contribution in [0.2, 0.25) is 0 Å². The molecule has 0 atom stereocenters. The highest BCUT2D eigenvalue weighted by Crippen LogP contribution is 2.18. The molecule has 0 bridgehead atoms. The number of ether oxygens (including phenoxy) is 1. The number of nitrogens with zero attached hydrogens (tertiary/aromatic N) is 2. The Morgan fingerprint density at radius 1 is 1.11 bits per heavy atom. The van der Waals surface area contributed by atoms with Gasteiger partial charge in [-0.1, -0.05) is 17.7 Å². The number of urea groups is 1. The quantitative estimate of drug-likeness (QED) is 0.819. The maximum Gasteiger partial charge on any atom is 0.317 e. The lowest BCUT2D eigenvalue weighted by Gasteiger charge is -2.34. The van der Waals surface area contributed by atoms with Crippen molar-refractivity contribution in [2.45, 2.75) is 13.8 Å². The molecule has 0 aliphatic carbocycles. The van der Waals surface area contributed by atoms with E-state index in [-0.39, 0.29) is 11.9 Å². The second-order valence-electron chi connectivity index (χ2n) is 6.61. The van der Waals surface area contributed by atoms with Gasteiger partial charge in [0.2, 0.25) is 0 Å². The van der Waals surface area contributed by atoms with E-state index in [1.165, 1.54) is 11.8 Å². The van der Waals surface area contributed by atoms with E-state index >= 15 is 0 Å². The first-order valence-corrected chi connectivity index (χ1v) is 9.10. The third-order valence-corrected chi connectivity index (χ3v) is 4.55. The number of hydrogen-bond donors (Lipinski definition) is 1. The summed E-state index contributed by atoms with van der Waals surface area (Å²) in [6, 6.07) is 9.22. The second-order valence-corrected chi connectivity index (χ2v) is 6.61. The van der Waals surface area contributed by atoms with E-state index in [0.717, 1.165) is 11.3 Å². The zero-order valence-electron chi connectivity index (χ0n) is 15.7. The largest absolute Gasteiger partial charge is 0.491 e. The lowest BCUT2D eigenvalue weighted by molar-refractivity contribution is 0.0634. The van der Waals surface area contributed by atoms with Crippen molar-refractivity contribution in [2.24, 2.45) is 0 Å². The number of carbonyl (C=O) groups is 2. The molecule has 144 valence electrons. The highest BCUT2D eigenvalue weighted by atomic mass is 16.5. The number of carbonyl (C=O) groups excluding carboxylic acids is 2. The topological polar surface area (TPSA) is 75.0 Å². The van der Waals surface area contributed by atoms with Crippen LogP contribution in [0.4, 0.5) is 4.79 Å². The fraction of sp³-hybridized carbons (Fsp3) is 0.400. The molecule has 0 saturated carbocycles. The number of rotatable bonds is 5. The monoisotopic (exact) mass is 371 g/mol. The highest BCUT2D eigenvalue weighted by molar-refractivity contribution is 5.91. The van der Waals surface area contributed by atoms with Gasteiger partial charge in [0.05, 0.1) is 12.8 Å². The number of benzene rings is 1. The summed E-state index contributed by atoms with van der Waals surface area (Å²) in [5.41, 5.74) is 2.27. The zero-order valence-corrected chi connectivity index (χ0v) is 15.7. The van der Waals surface area contributed by atoms with E-state index in [4.69, 9.17) is 9.15 Å². The number of aryl methyl sites for hydroxylation is 2. The minimum absolute atomic E-state index is 0.135. The Morgan fingerprint density at radius 3 is 2.52 bits per heavy atom. The van der Waals surface area contributed by atoms with Gasteiger partial charge >= 0.3 is 6.03 Å². The van der Waals surface area contributed by atoms with Crippen LogP contribution in [0, 0.1) is 13.8 Å². The first kappa shape index (κ1) is 18.8. The minimum atomic E-state index is -0.137. The Hall–Kier alpha value is -2.96. The molecule has 27 heavy (non-hydrogen) atoms. The Morgan fingerprint density at radius 2 is 1.85 bits per heavy atom. The van der Waals surface area contributed by atoms with Crippen LogP contribution in [0.5, 0.6) is 5.75 Å². The van der Waals surface area contributed by atoms with Crippen molar-refractivity contribution in [2.75, 3.05) is 39.3 Å². The Bertz CT molecular complexity index is 781. The van der Waals surface area contributed by atoms with Crippen LogP contribution in [-0.4, -0.2) is 61.1 Å². The molecule has 2 aromatic rings. The van der Waals surface area contributed by atoms with Crippen molar-refractivity contribution in [1.82, 2.24) is 15.1 Å². The number of nitrogens with one attached hydrogen (secondary N) is 1. The number of hydrogen-bond acceptors (Lipinski definition) is 4. The van der Waals surface area contributed by atoms with Gasteiger partial charge in [-0.3, -0.25) is 4.79 Å². The molecule has 1 aliphatic rings. The fourth-order valence-corrected chi connectivity index (χ4v) is 3.06. The predicted molar refractivity (Wildman–Crippen MR) is 101 cm³/mol. The molecule has 1 fully saturated rings. The van der Waals surface area contributed by atoms with Crippen LogP contribution in [0.1, 0.15) is 21.7 Å². The predicted octanol–water partition coefficient (Wildman–Crippen LogP) is 2.44. The highest BCUT2D eigenvalue weighted by Gasteiger charge is 2.25. The van der Waals surface area contributed by atoms with Crippen molar-refractivity contribution in [3.8, 4) is 5.75 Å². The molecule has 1 saturated heterocycles. The van der Waals surface area contributed by atoms with Gasteiger partial charge in [-0.25, -0.2) is 4.79 Å². The molecule has 1 aromatic carbocycles. The fourth-order valence-electron chi connectivity index (χ4n) is 3.06. The van der Waals surface area contributed by atoms with Gasteiger partial charge < -0.3 is 24.3 Å². The van der Waals surface area contributed by atoms with Crippen molar-refractivity contribution in [1.29, 1.82) is 0 Å². The lowest BCUT2D eigenvalue weighted by atomic mass is 10.1. The van der Waals surface area contributed by atoms with Crippen LogP contribution < -0.4 is 10.1 Å². The number of amides is 3. The van der Waals surface area contributed by atoms with E-state index in [9.17, 15) is 9.59 Å². The van der Waals surface area contributed by atoms with Gasteiger partial charge in [0, 0.05) is 26.2 Å². The molecule has 1 aromatic heterocycles. The van der Waals surface area contributed by atoms with E-state index in [0.29, 0.717) is 45.1 Å². The molecule has 0 spiro atoms. The Balaban J connectivity index is 1.37. The molecule has 0 unspecified atom stereocenters. The molecule has 1 aliphatic heterocycles. The molecule has 7 heteroatoms. The van der Waals surface area contributed by atoms with Gasteiger partial charge in [-0.15, -0.1) is 0 Å². The van der Waals surface area contributed by atoms with E-state index < -0.39 is 0 Å². The van der Waals surface area contributed by atoms with Gasteiger partial charge in [-0.05, 0) is 37.6 Å². The zero-order chi connectivity index (χ0) is 19.2. The smallest absolute Gasteiger partial charge is 0.317 e. The van der Waals surface area contributed by atoms with Crippen LogP contribution in [0.25, 0.3) is 0 Å². The first-order valence-electron chi connectivity index (χ1n) is 9.10. The standard InChI is InChI=1S/C20H25N3O4/c1-15-5-6-17(16(2)14-15)27-13-7-21-20(25)23-10-8-22(9-11-23)19(24)18-4-3-12-26-18/h3-6,12,14H,7-11,13H2,1-2H3,(H,21,25). The summed E-state index contributed by atoms with van der Waals surface area (Å²) in [6.45, 7) is 6.86. The molecule has 3 amide bonds. The Kier molecular flexibility index (Phi) is 6.01. The summed E-state index contributed by atoms with van der Waals surface area (Å²) in [4.78, 5) is 27.9. The summed E-state index contributed by atoms with van der Waals surface area (Å²) in [7, 11) is 0. The summed E-state index contributed by atoms with van der Waals surface area (Å²) >= 11 is 0. The number of piperazine rings is 1. The summed E-state index contributed by atoms with van der Waals surface area (Å²) in [5, 5.41) is 2.87. The van der Waals surface area contributed by atoms with Crippen LogP contribution in [0.3, 0.4) is 0 Å². The molecule has 1 N–H and O–H groups in total. The summed E-state index contributed by atoms with van der Waals surface area (Å²) < 4.78 is 10.9. The molecule has 2 heterocycles. The average Bonchev–Trinajstić information content (AvgIpc) is 3.21. The second kappa shape index (κ2) is 8.62. The van der Waals surface area contributed by atoms with Crippen LogP contribution >= 0.6 is 0 Å². The van der Waals surface area contributed by atoms with Crippen molar-refractivity contribution in [3.05, 3.63) is 53.5 Å². The van der Waals surface area contributed by atoms with Gasteiger partial charge in [0.1, 0.15) is 12.4 Å². The van der Waals surface area contributed by atoms with Gasteiger partial charge in [-0.2, -0.15) is 0 Å². The van der Waals surface area contributed by atoms with Gasteiger partial charge in [0.15, 0.2) is 5.76 Å². The normalized spacial score (nSPS) is 14.1. The molecule has 3 rings (SSSR count). The third-order valence-electron chi connectivity index (χ3n) is 4.55. The SMILES string of the molecule is Cc1ccc(OCCNC(=O)N2CCN(C(=O)c3ccco3)CC2)c(C)c1. The van der Waals surface area contributed by atoms with Crippen LogP contribution in [-0.2, 0) is 0 Å². The summed E-state index contributed by atoms with van der Waals surface area (Å²) in [5.74, 6) is 1.03. The van der Waals surface area contributed by atoms with E-state index in [1.54, 1.807) is 21.9 Å². The van der Waals surface area contributed by atoms with Crippen molar-refractivity contribution >= 4 is 11.9 Å². The van der Waals surface area contributed by atoms with E-state index in [2.05, 4.69) is 11.4 Å². The van der Waals surface area contributed by atoms with E-state index in [1.807, 2.05) is 26.0 Å². The lowest BCUT2D eigenvalue weighted by Crippen LogP contribution is -2.53. The average molecular weight is 371 g/mol. The third kappa shape index (κ3) is 4.81. The minimum Gasteiger partial charge on any atom is -0.491 e. The maximum atomic E-state index is 12.3. The molecule has 7 nitrogen and oxygen atoms in total. The van der Waals surface area contributed by atoms with Crippen molar-refractivity contribution < 1.29 is 18.7 Å². The van der Waals surface area contributed by atoms with Gasteiger partial charge in [0.25, 0.3) is 5.91 Å². The first-order chi connectivity index (χ1) is 13.0. The molecule has 0 radical (unpaired) electrons.